The highest BCUT2D eigenvalue weighted by Crippen LogP contribution is 2.42. The first-order valence-electron chi connectivity index (χ1n) is 12.8. The van der Waals surface area contributed by atoms with Gasteiger partial charge in [-0.25, -0.2) is 4.79 Å². The Morgan fingerprint density at radius 1 is 0.842 bits per heavy atom. The summed E-state index contributed by atoms with van der Waals surface area (Å²) in [5.74, 6) is 1.47. The Kier molecular flexibility index (Phi) is 8.29. The maximum atomic E-state index is 13.0. The molecular weight excluding hydrogens is 482 g/mol. The van der Waals surface area contributed by atoms with Crippen molar-refractivity contribution in [3.05, 3.63) is 95.6 Å². The maximum Gasteiger partial charge on any atom is 0.410 e. The van der Waals surface area contributed by atoms with E-state index in [9.17, 15) is 9.90 Å². The summed E-state index contributed by atoms with van der Waals surface area (Å²) in [5, 5.41) is 10.5. The molecule has 7 nitrogen and oxygen atoms in total. The average molecular weight is 520 g/mol. The normalized spacial score (nSPS) is 17.8. The molecule has 0 saturated carbocycles. The predicted octanol–water partition coefficient (Wildman–Crippen LogP) is 5.38. The molecule has 1 fully saturated rings. The Morgan fingerprint density at radius 2 is 1.34 bits per heavy atom. The molecule has 4 rings (SSSR count). The summed E-state index contributed by atoms with van der Waals surface area (Å²) in [6, 6.07) is 25.2. The standard InChI is InChI=1S/C31H37NO6/c1-30(2,3)38-29(34)32-20-26(33)19-25(32)21-37-31(22-9-7-6-8-10-22,23-11-15-27(35-4)16-12-23)24-13-17-28(36-5)18-14-24/h6-18,25-26,33H,19-21H2,1-5H3/t25-,26-/m1/s1. The molecule has 202 valence electrons. The molecule has 0 aromatic heterocycles. The van der Waals surface area contributed by atoms with E-state index in [-0.39, 0.29) is 19.2 Å². The number of nitrogens with zero attached hydrogens (tertiary/aromatic N) is 1. The predicted molar refractivity (Wildman–Crippen MR) is 146 cm³/mol. The summed E-state index contributed by atoms with van der Waals surface area (Å²) in [6.45, 7) is 5.87. The van der Waals surface area contributed by atoms with Crippen LogP contribution in [0.4, 0.5) is 4.79 Å². The minimum Gasteiger partial charge on any atom is -0.497 e. The smallest absolute Gasteiger partial charge is 0.410 e. The first-order chi connectivity index (χ1) is 18.2. The van der Waals surface area contributed by atoms with E-state index in [4.69, 9.17) is 18.9 Å². The number of β-amino-alcohol motifs (C(OH)–C–C–N with tert-alkyl or cyclic N) is 1. The Bertz CT molecular complexity index is 1140. The summed E-state index contributed by atoms with van der Waals surface area (Å²) in [4.78, 5) is 14.6. The Hall–Kier alpha value is -3.55. The summed E-state index contributed by atoms with van der Waals surface area (Å²) in [6.07, 6.45) is -0.707. The lowest BCUT2D eigenvalue weighted by Gasteiger charge is -2.38. The molecule has 1 aliphatic rings. The molecule has 0 unspecified atom stereocenters. The van der Waals surface area contributed by atoms with Crippen molar-refractivity contribution in [2.45, 2.75) is 50.5 Å². The molecule has 0 spiro atoms. The fourth-order valence-corrected chi connectivity index (χ4v) is 4.89. The summed E-state index contributed by atoms with van der Waals surface area (Å²) in [7, 11) is 3.27. The van der Waals surface area contributed by atoms with Crippen molar-refractivity contribution in [1.29, 1.82) is 0 Å². The van der Waals surface area contributed by atoms with Crippen molar-refractivity contribution in [1.82, 2.24) is 4.90 Å². The fourth-order valence-electron chi connectivity index (χ4n) is 4.89. The molecule has 3 aromatic rings. The van der Waals surface area contributed by atoms with E-state index in [1.165, 1.54) is 0 Å². The number of amides is 1. The number of rotatable bonds is 8. The van der Waals surface area contributed by atoms with E-state index in [0.717, 1.165) is 28.2 Å². The van der Waals surface area contributed by atoms with Crippen LogP contribution in [0.5, 0.6) is 11.5 Å². The number of benzene rings is 3. The van der Waals surface area contributed by atoms with Gasteiger partial charge in [0.2, 0.25) is 0 Å². The third-order valence-corrected chi connectivity index (χ3v) is 6.69. The lowest BCUT2D eigenvalue weighted by atomic mass is 9.80. The molecule has 1 amide bonds. The molecule has 1 N–H and O–H groups in total. The van der Waals surface area contributed by atoms with Crippen LogP contribution in [-0.2, 0) is 15.1 Å². The number of methoxy groups -OCH3 is 2. The quantitative estimate of drug-likeness (QED) is 0.403. The van der Waals surface area contributed by atoms with Crippen molar-refractivity contribution < 1.29 is 28.8 Å². The maximum absolute atomic E-state index is 13.0. The van der Waals surface area contributed by atoms with E-state index in [0.29, 0.717) is 6.42 Å². The lowest BCUT2D eigenvalue weighted by Crippen LogP contribution is -2.44. The molecule has 1 heterocycles. The zero-order chi connectivity index (χ0) is 27.3. The van der Waals surface area contributed by atoms with Gasteiger partial charge in [-0.05, 0) is 68.1 Å². The van der Waals surface area contributed by atoms with Crippen LogP contribution in [0.1, 0.15) is 43.9 Å². The molecule has 1 saturated heterocycles. The highest BCUT2D eigenvalue weighted by atomic mass is 16.6. The fraction of sp³-hybridized carbons (Fsp3) is 0.387. The number of aliphatic hydroxyl groups is 1. The second-order valence-corrected chi connectivity index (χ2v) is 10.5. The van der Waals surface area contributed by atoms with Gasteiger partial charge in [-0.2, -0.15) is 0 Å². The highest BCUT2D eigenvalue weighted by molar-refractivity contribution is 5.69. The number of carbonyl (C=O) groups excluding carboxylic acids is 1. The van der Waals surface area contributed by atoms with Crippen LogP contribution in [-0.4, -0.2) is 61.2 Å². The van der Waals surface area contributed by atoms with Gasteiger partial charge < -0.3 is 29.0 Å². The molecule has 7 heteroatoms. The van der Waals surface area contributed by atoms with Crippen LogP contribution in [0.25, 0.3) is 0 Å². The molecule has 0 radical (unpaired) electrons. The number of hydrogen-bond donors (Lipinski definition) is 1. The van der Waals surface area contributed by atoms with Crippen molar-refractivity contribution in [2.75, 3.05) is 27.4 Å². The molecule has 38 heavy (non-hydrogen) atoms. The average Bonchev–Trinajstić information content (AvgIpc) is 3.30. The summed E-state index contributed by atoms with van der Waals surface area (Å²) in [5.41, 5.74) is 1.08. The molecular formula is C31H37NO6. The van der Waals surface area contributed by atoms with Gasteiger partial charge in [0.15, 0.2) is 0 Å². The summed E-state index contributed by atoms with van der Waals surface area (Å²) < 4.78 is 23.4. The van der Waals surface area contributed by atoms with Gasteiger partial charge in [0, 0.05) is 0 Å². The van der Waals surface area contributed by atoms with E-state index >= 15 is 0 Å². The largest absolute Gasteiger partial charge is 0.497 e. The van der Waals surface area contributed by atoms with Crippen LogP contribution in [0.3, 0.4) is 0 Å². The first kappa shape index (κ1) is 27.5. The SMILES string of the molecule is COc1ccc(C(OC[C@H]2C[C@@H](O)CN2C(=O)OC(C)(C)C)(c2ccccc2)c2ccc(OC)cc2)cc1. The van der Waals surface area contributed by atoms with E-state index in [2.05, 4.69) is 0 Å². The summed E-state index contributed by atoms with van der Waals surface area (Å²) >= 11 is 0. The Morgan fingerprint density at radius 3 is 1.82 bits per heavy atom. The van der Waals surface area contributed by atoms with Crippen LogP contribution in [0.15, 0.2) is 78.9 Å². The van der Waals surface area contributed by atoms with Gasteiger partial charge in [-0.3, -0.25) is 0 Å². The van der Waals surface area contributed by atoms with Crippen molar-refractivity contribution in [3.8, 4) is 11.5 Å². The van der Waals surface area contributed by atoms with Crippen LogP contribution >= 0.6 is 0 Å². The van der Waals surface area contributed by atoms with E-state index < -0.39 is 23.4 Å². The topological polar surface area (TPSA) is 77.5 Å². The zero-order valence-corrected chi connectivity index (χ0v) is 22.7. The molecule has 3 aromatic carbocycles. The monoisotopic (exact) mass is 519 g/mol. The number of aliphatic hydroxyl groups excluding tert-OH is 1. The van der Waals surface area contributed by atoms with Gasteiger partial charge in [0.25, 0.3) is 0 Å². The van der Waals surface area contributed by atoms with Gasteiger partial charge in [0.1, 0.15) is 22.7 Å². The molecule has 0 aliphatic carbocycles. The third kappa shape index (κ3) is 5.95. The van der Waals surface area contributed by atoms with Crippen molar-refractivity contribution in [2.24, 2.45) is 0 Å². The minimum atomic E-state index is -1.01. The van der Waals surface area contributed by atoms with Crippen LogP contribution < -0.4 is 9.47 Å². The highest BCUT2D eigenvalue weighted by Gasteiger charge is 2.42. The van der Waals surface area contributed by atoms with Crippen molar-refractivity contribution >= 4 is 6.09 Å². The lowest BCUT2D eigenvalue weighted by molar-refractivity contribution is -0.0251. The van der Waals surface area contributed by atoms with Gasteiger partial charge in [0.05, 0.1) is 39.5 Å². The van der Waals surface area contributed by atoms with Crippen molar-refractivity contribution in [3.63, 3.8) is 0 Å². The molecule has 1 aliphatic heterocycles. The Balaban J connectivity index is 1.78. The minimum absolute atomic E-state index is 0.184. The number of ether oxygens (including phenoxy) is 4. The zero-order valence-electron chi connectivity index (χ0n) is 22.7. The first-order valence-corrected chi connectivity index (χ1v) is 12.8. The van der Waals surface area contributed by atoms with E-state index in [1.807, 2.05) is 99.6 Å². The second-order valence-electron chi connectivity index (χ2n) is 10.5. The third-order valence-electron chi connectivity index (χ3n) is 6.69. The van der Waals surface area contributed by atoms with Gasteiger partial charge in [-0.1, -0.05) is 54.6 Å². The number of carbonyl (C=O) groups is 1. The van der Waals surface area contributed by atoms with Crippen LogP contribution in [0.2, 0.25) is 0 Å². The van der Waals surface area contributed by atoms with Gasteiger partial charge in [-0.15, -0.1) is 0 Å². The van der Waals surface area contributed by atoms with Crippen LogP contribution in [0, 0.1) is 0 Å². The number of likely N-dealkylation sites (tertiary alicyclic amines) is 1. The number of hydrogen-bond acceptors (Lipinski definition) is 6. The Labute approximate surface area is 224 Å². The van der Waals surface area contributed by atoms with Gasteiger partial charge >= 0.3 is 6.09 Å². The second kappa shape index (κ2) is 11.5. The molecule has 0 bridgehead atoms. The van der Waals surface area contributed by atoms with E-state index in [1.54, 1.807) is 19.1 Å². The molecule has 2 atom stereocenters.